The van der Waals surface area contributed by atoms with E-state index >= 15 is 0 Å². The number of halogens is 4. The lowest BCUT2D eigenvalue weighted by molar-refractivity contribution is -0.187. The lowest BCUT2D eigenvalue weighted by Crippen LogP contribution is -2.30. The van der Waals surface area contributed by atoms with Gasteiger partial charge in [-0.25, -0.2) is 0 Å². The first-order valence-corrected chi connectivity index (χ1v) is 4.72. The van der Waals surface area contributed by atoms with Gasteiger partial charge in [-0.2, -0.15) is 13.2 Å². The maximum absolute atomic E-state index is 12.5. The highest BCUT2D eigenvalue weighted by Crippen LogP contribution is 2.51. The zero-order valence-corrected chi connectivity index (χ0v) is 8.52. The quantitative estimate of drug-likeness (QED) is 0.711. The van der Waals surface area contributed by atoms with Crippen molar-refractivity contribution >= 4 is 15.9 Å². The second-order valence-corrected chi connectivity index (χ2v) is 4.04. The topological polar surface area (TPSA) is 12.5 Å². The molecule has 1 fully saturated rings. The van der Waals surface area contributed by atoms with E-state index in [-0.39, 0.29) is 12.2 Å². The third kappa shape index (κ3) is 1.44. The molecule has 2 rings (SSSR count). The Morgan fingerprint density at radius 2 is 1.71 bits per heavy atom. The van der Waals surface area contributed by atoms with Gasteiger partial charge in [0.1, 0.15) is 0 Å². The van der Waals surface area contributed by atoms with Crippen LogP contribution in [0.5, 0.6) is 0 Å². The van der Waals surface area contributed by atoms with Crippen LogP contribution >= 0.6 is 15.9 Å². The van der Waals surface area contributed by atoms with Crippen LogP contribution in [0.1, 0.15) is 5.56 Å². The first kappa shape index (κ1) is 9.98. The Hall–Kier alpha value is -0.550. The number of alkyl halides is 3. The summed E-state index contributed by atoms with van der Waals surface area (Å²) in [5.74, 6) is 0. The van der Waals surface area contributed by atoms with Crippen molar-refractivity contribution in [2.45, 2.75) is 11.8 Å². The smallest absolute Gasteiger partial charge is 0.355 e. The molecule has 0 aliphatic carbocycles. The van der Waals surface area contributed by atoms with Gasteiger partial charge in [0.05, 0.1) is 6.61 Å². The minimum atomic E-state index is -4.33. The van der Waals surface area contributed by atoms with E-state index in [0.29, 0.717) is 0 Å². The van der Waals surface area contributed by atoms with E-state index in [2.05, 4.69) is 20.7 Å². The molecule has 14 heavy (non-hydrogen) atoms. The van der Waals surface area contributed by atoms with E-state index in [1.165, 1.54) is 12.1 Å². The van der Waals surface area contributed by atoms with Gasteiger partial charge in [0.25, 0.3) is 0 Å². The van der Waals surface area contributed by atoms with Crippen LogP contribution in [0.2, 0.25) is 0 Å². The van der Waals surface area contributed by atoms with E-state index in [9.17, 15) is 13.2 Å². The predicted molar refractivity (Wildman–Crippen MR) is 47.8 cm³/mol. The number of hydrogen-bond donors (Lipinski definition) is 0. The van der Waals surface area contributed by atoms with Gasteiger partial charge < -0.3 is 4.74 Å². The molecule has 0 N–H and O–H groups in total. The SMILES string of the molecule is FC(F)(F)C1(c2ccc(Br)cc2)CO1. The standard InChI is InChI=1S/C9H6BrF3O/c10-7-3-1-6(2-4-7)8(5-14-8)9(11,12)13/h1-4H,5H2. The summed E-state index contributed by atoms with van der Waals surface area (Å²) in [7, 11) is 0. The Balaban J connectivity index is 2.36. The molecular formula is C9H6BrF3O. The second kappa shape index (κ2) is 2.97. The van der Waals surface area contributed by atoms with Crippen molar-refractivity contribution in [1.82, 2.24) is 0 Å². The van der Waals surface area contributed by atoms with Crippen molar-refractivity contribution in [1.29, 1.82) is 0 Å². The monoisotopic (exact) mass is 266 g/mol. The molecular weight excluding hydrogens is 261 g/mol. The van der Waals surface area contributed by atoms with E-state index in [1.807, 2.05) is 0 Å². The van der Waals surface area contributed by atoms with Crippen molar-refractivity contribution in [2.75, 3.05) is 6.61 Å². The Morgan fingerprint density at radius 1 is 1.21 bits per heavy atom. The van der Waals surface area contributed by atoms with Gasteiger partial charge in [0, 0.05) is 4.47 Å². The number of hydrogen-bond acceptors (Lipinski definition) is 1. The molecule has 1 aliphatic heterocycles. The largest absolute Gasteiger partial charge is 0.424 e. The molecule has 0 aromatic heterocycles. The highest BCUT2D eigenvalue weighted by Gasteiger charge is 2.66. The van der Waals surface area contributed by atoms with Gasteiger partial charge in [-0.1, -0.05) is 28.1 Å². The predicted octanol–water partition coefficient (Wildman–Crippen LogP) is 3.24. The van der Waals surface area contributed by atoms with Crippen molar-refractivity contribution in [2.24, 2.45) is 0 Å². The number of benzene rings is 1. The molecule has 1 unspecified atom stereocenters. The molecule has 0 spiro atoms. The number of rotatable bonds is 1. The Labute approximate surface area is 87.0 Å². The van der Waals surface area contributed by atoms with Crippen molar-refractivity contribution in [3.05, 3.63) is 34.3 Å². The van der Waals surface area contributed by atoms with Gasteiger partial charge in [0.15, 0.2) is 0 Å². The summed E-state index contributed by atoms with van der Waals surface area (Å²) in [4.78, 5) is 0. The molecule has 1 heterocycles. The molecule has 76 valence electrons. The molecule has 1 saturated heterocycles. The third-order valence-corrected chi connectivity index (χ3v) is 2.73. The van der Waals surface area contributed by atoms with Crippen LogP contribution in [0.25, 0.3) is 0 Å². The first-order valence-electron chi connectivity index (χ1n) is 3.92. The normalized spacial score (nSPS) is 26.3. The van der Waals surface area contributed by atoms with Crippen LogP contribution in [0.4, 0.5) is 13.2 Å². The Bertz CT molecular complexity index is 340. The maximum Gasteiger partial charge on any atom is 0.424 e. The van der Waals surface area contributed by atoms with Crippen LogP contribution < -0.4 is 0 Å². The molecule has 0 saturated carbocycles. The number of epoxide rings is 1. The fraction of sp³-hybridized carbons (Fsp3) is 0.333. The molecule has 1 aromatic carbocycles. The lowest BCUT2D eigenvalue weighted by atomic mass is 10.00. The van der Waals surface area contributed by atoms with Gasteiger partial charge in [-0.3, -0.25) is 0 Å². The van der Waals surface area contributed by atoms with Crippen LogP contribution in [0.15, 0.2) is 28.7 Å². The van der Waals surface area contributed by atoms with E-state index in [0.717, 1.165) is 4.47 Å². The van der Waals surface area contributed by atoms with Crippen molar-refractivity contribution in [3.8, 4) is 0 Å². The lowest BCUT2D eigenvalue weighted by Gasteiger charge is -2.15. The highest BCUT2D eigenvalue weighted by molar-refractivity contribution is 9.10. The van der Waals surface area contributed by atoms with Crippen LogP contribution in [0, 0.1) is 0 Å². The van der Waals surface area contributed by atoms with Gasteiger partial charge in [0.2, 0.25) is 5.60 Å². The average Bonchev–Trinajstić information content (AvgIpc) is 2.84. The summed E-state index contributed by atoms with van der Waals surface area (Å²) in [6.45, 7) is -0.280. The maximum atomic E-state index is 12.5. The first-order chi connectivity index (χ1) is 6.46. The van der Waals surface area contributed by atoms with Crippen LogP contribution in [-0.2, 0) is 10.3 Å². The fourth-order valence-corrected chi connectivity index (χ4v) is 1.55. The van der Waals surface area contributed by atoms with Gasteiger partial charge in [-0.05, 0) is 17.7 Å². The van der Waals surface area contributed by atoms with Gasteiger partial charge >= 0.3 is 6.18 Å². The molecule has 5 heteroatoms. The van der Waals surface area contributed by atoms with Crippen molar-refractivity contribution < 1.29 is 17.9 Å². The second-order valence-electron chi connectivity index (χ2n) is 3.12. The minimum absolute atomic E-state index is 0.160. The molecule has 0 bridgehead atoms. The van der Waals surface area contributed by atoms with E-state index in [1.54, 1.807) is 12.1 Å². The minimum Gasteiger partial charge on any atom is -0.355 e. The van der Waals surface area contributed by atoms with Crippen LogP contribution in [0.3, 0.4) is 0 Å². The molecule has 1 aliphatic rings. The zero-order valence-electron chi connectivity index (χ0n) is 6.94. The molecule has 1 nitrogen and oxygen atoms in total. The van der Waals surface area contributed by atoms with Crippen LogP contribution in [-0.4, -0.2) is 12.8 Å². The summed E-state index contributed by atoms with van der Waals surface area (Å²) in [6, 6.07) is 5.99. The van der Waals surface area contributed by atoms with Crippen molar-refractivity contribution in [3.63, 3.8) is 0 Å². The summed E-state index contributed by atoms with van der Waals surface area (Å²) >= 11 is 3.16. The Morgan fingerprint density at radius 3 is 2.07 bits per heavy atom. The van der Waals surface area contributed by atoms with E-state index in [4.69, 9.17) is 0 Å². The highest BCUT2D eigenvalue weighted by atomic mass is 79.9. The van der Waals surface area contributed by atoms with E-state index < -0.39 is 11.8 Å². The van der Waals surface area contributed by atoms with Gasteiger partial charge in [-0.15, -0.1) is 0 Å². The number of ether oxygens (including phenoxy) is 1. The molecule has 0 amide bonds. The molecule has 1 aromatic rings. The third-order valence-electron chi connectivity index (χ3n) is 2.20. The molecule has 0 radical (unpaired) electrons. The zero-order chi connectivity index (χ0) is 10.4. The Kier molecular flexibility index (Phi) is 2.12. The summed E-state index contributed by atoms with van der Waals surface area (Å²) in [5.41, 5.74) is -1.89. The summed E-state index contributed by atoms with van der Waals surface area (Å²) < 4.78 is 42.9. The molecule has 1 atom stereocenters. The summed E-state index contributed by atoms with van der Waals surface area (Å²) in [6.07, 6.45) is -4.33. The summed E-state index contributed by atoms with van der Waals surface area (Å²) in [5, 5.41) is 0. The fourth-order valence-electron chi connectivity index (χ4n) is 1.29. The average molecular weight is 267 g/mol.